The number of hydrogen-bond donors (Lipinski definition) is 2. The summed E-state index contributed by atoms with van der Waals surface area (Å²) in [6.45, 7) is 1.29. The van der Waals surface area contributed by atoms with E-state index in [1.54, 1.807) is 37.6 Å². The highest BCUT2D eigenvalue weighted by Crippen LogP contribution is 2.13. The Hall–Kier alpha value is -2.40. The number of aromatic carboxylic acids is 1. The zero-order chi connectivity index (χ0) is 14.4. The molecule has 0 saturated carbocycles. The number of aromatic nitrogens is 1. The van der Waals surface area contributed by atoms with E-state index in [4.69, 9.17) is 9.84 Å². The summed E-state index contributed by atoms with van der Waals surface area (Å²) in [7, 11) is 1.59. The van der Waals surface area contributed by atoms with E-state index in [0.29, 0.717) is 24.5 Å². The molecule has 20 heavy (non-hydrogen) atoms. The molecular weight excluding hydrogens is 256 g/mol. The van der Waals surface area contributed by atoms with Crippen LogP contribution in [-0.2, 0) is 13.1 Å². The number of carbonyl (C=O) groups is 1. The maximum atomic E-state index is 10.7. The normalized spacial score (nSPS) is 10.2. The van der Waals surface area contributed by atoms with Crippen LogP contribution in [0.1, 0.15) is 21.5 Å². The molecule has 0 aliphatic heterocycles. The van der Waals surface area contributed by atoms with Gasteiger partial charge >= 0.3 is 5.97 Å². The largest absolute Gasteiger partial charge is 0.481 e. The van der Waals surface area contributed by atoms with Crippen molar-refractivity contribution in [1.29, 1.82) is 0 Å². The Morgan fingerprint density at radius 2 is 2.00 bits per heavy atom. The first kappa shape index (κ1) is 14.0. The van der Waals surface area contributed by atoms with Crippen molar-refractivity contribution in [3.63, 3.8) is 0 Å². The van der Waals surface area contributed by atoms with Gasteiger partial charge in [-0.25, -0.2) is 9.78 Å². The van der Waals surface area contributed by atoms with Crippen molar-refractivity contribution < 1.29 is 14.6 Å². The Bertz CT molecular complexity index is 582. The maximum absolute atomic E-state index is 10.7. The number of nitrogens with zero attached hydrogens (tertiary/aromatic N) is 1. The number of hydrogen-bond acceptors (Lipinski definition) is 4. The minimum atomic E-state index is -0.912. The summed E-state index contributed by atoms with van der Waals surface area (Å²) >= 11 is 0. The van der Waals surface area contributed by atoms with Crippen LogP contribution in [0.3, 0.4) is 0 Å². The van der Waals surface area contributed by atoms with Gasteiger partial charge in [-0.1, -0.05) is 18.2 Å². The first-order valence-electron chi connectivity index (χ1n) is 6.21. The first-order chi connectivity index (χ1) is 9.70. The van der Waals surface area contributed by atoms with Gasteiger partial charge in [-0.2, -0.15) is 0 Å². The van der Waals surface area contributed by atoms with E-state index < -0.39 is 5.97 Å². The summed E-state index contributed by atoms with van der Waals surface area (Å²) in [5, 5.41) is 12.1. The molecule has 0 aliphatic carbocycles. The molecule has 1 heterocycles. The number of carboxylic acids is 1. The number of benzene rings is 1. The average molecular weight is 272 g/mol. The lowest BCUT2D eigenvalue weighted by atomic mass is 10.1. The predicted molar refractivity (Wildman–Crippen MR) is 74.7 cm³/mol. The lowest BCUT2D eigenvalue weighted by Crippen LogP contribution is -2.13. The molecule has 0 atom stereocenters. The molecule has 2 rings (SSSR count). The monoisotopic (exact) mass is 272 g/mol. The van der Waals surface area contributed by atoms with Gasteiger partial charge in [0.15, 0.2) is 0 Å². The molecule has 0 spiro atoms. The summed E-state index contributed by atoms with van der Waals surface area (Å²) in [4.78, 5) is 14.9. The summed E-state index contributed by atoms with van der Waals surface area (Å²) in [6.07, 6.45) is 1.69. The third kappa shape index (κ3) is 3.55. The van der Waals surface area contributed by atoms with Gasteiger partial charge in [-0.3, -0.25) is 0 Å². The van der Waals surface area contributed by atoms with Crippen LogP contribution in [0.5, 0.6) is 5.88 Å². The highest BCUT2D eigenvalue weighted by molar-refractivity contribution is 5.87. The van der Waals surface area contributed by atoms with Crippen molar-refractivity contribution in [2.45, 2.75) is 13.1 Å². The number of rotatable bonds is 6. The lowest BCUT2D eigenvalue weighted by molar-refractivity contribution is 0.0697. The van der Waals surface area contributed by atoms with Crippen LogP contribution in [0.15, 0.2) is 42.6 Å². The molecule has 104 valence electrons. The van der Waals surface area contributed by atoms with Crippen LogP contribution in [-0.4, -0.2) is 23.2 Å². The Kier molecular flexibility index (Phi) is 4.68. The second kappa shape index (κ2) is 6.68. The average Bonchev–Trinajstić information content (AvgIpc) is 2.48. The quantitative estimate of drug-likeness (QED) is 0.842. The molecule has 1 aromatic carbocycles. The Morgan fingerprint density at radius 3 is 2.65 bits per heavy atom. The fourth-order valence-electron chi connectivity index (χ4n) is 1.85. The highest BCUT2D eigenvalue weighted by atomic mass is 16.5. The fourth-order valence-corrected chi connectivity index (χ4v) is 1.85. The smallest absolute Gasteiger partial charge is 0.335 e. The van der Waals surface area contributed by atoms with Gasteiger partial charge in [0.05, 0.1) is 12.7 Å². The van der Waals surface area contributed by atoms with Gasteiger partial charge in [-0.15, -0.1) is 0 Å². The van der Waals surface area contributed by atoms with Gasteiger partial charge < -0.3 is 15.2 Å². The van der Waals surface area contributed by atoms with E-state index >= 15 is 0 Å². The van der Waals surface area contributed by atoms with E-state index in [9.17, 15) is 4.79 Å². The van der Waals surface area contributed by atoms with Gasteiger partial charge in [0.25, 0.3) is 0 Å². The first-order valence-corrected chi connectivity index (χ1v) is 6.21. The van der Waals surface area contributed by atoms with Crippen LogP contribution in [0.2, 0.25) is 0 Å². The highest BCUT2D eigenvalue weighted by Gasteiger charge is 2.04. The molecule has 0 bridgehead atoms. The third-order valence-corrected chi connectivity index (χ3v) is 2.89. The fraction of sp³-hybridized carbons (Fsp3) is 0.200. The third-order valence-electron chi connectivity index (χ3n) is 2.89. The Labute approximate surface area is 117 Å². The topological polar surface area (TPSA) is 71.5 Å². The number of carboxylic acid groups (broad SMARTS) is 1. The van der Waals surface area contributed by atoms with Gasteiger partial charge in [0, 0.05) is 24.8 Å². The number of ether oxygens (including phenoxy) is 1. The molecule has 0 fully saturated rings. The van der Waals surface area contributed by atoms with E-state index in [-0.39, 0.29) is 0 Å². The standard InChI is InChI=1S/C15H16N2O3/c1-20-14-13(3-2-8-17-14)10-16-9-11-4-6-12(7-5-11)15(18)19/h2-8,16H,9-10H2,1H3,(H,18,19). The molecule has 5 nitrogen and oxygen atoms in total. The molecule has 0 aliphatic rings. The summed E-state index contributed by atoms with van der Waals surface area (Å²) in [6, 6.07) is 10.6. The van der Waals surface area contributed by atoms with E-state index in [1.807, 2.05) is 12.1 Å². The van der Waals surface area contributed by atoms with Crippen LogP contribution in [0, 0.1) is 0 Å². The molecule has 0 radical (unpaired) electrons. The molecule has 5 heteroatoms. The van der Waals surface area contributed by atoms with Gasteiger partial charge in [-0.05, 0) is 23.8 Å². The van der Waals surface area contributed by atoms with Crippen molar-refractivity contribution in [2.24, 2.45) is 0 Å². The zero-order valence-corrected chi connectivity index (χ0v) is 11.2. The van der Waals surface area contributed by atoms with Gasteiger partial charge in [0.2, 0.25) is 5.88 Å². The molecule has 0 unspecified atom stereocenters. The molecule has 0 saturated heterocycles. The lowest BCUT2D eigenvalue weighted by Gasteiger charge is -2.08. The van der Waals surface area contributed by atoms with Crippen LogP contribution in [0.25, 0.3) is 0 Å². The van der Waals surface area contributed by atoms with Gasteiger partial charge in [0.1, 0.15) is 0 Å². The van der Waals surface area contributed by atoms with E-state index in [2.05, 4.69) is 10.3 Å². The SMILES string of the molecule is COc1ncccc1CNCc1ccc(C(=O)O)cc1. The van der Waals surface area contributed by atoms with Crippen LogP contribution >= 0.6 is 0 Å². The molecule has 1 aromatic heterocycles. The van der Waals surface area contributed by atoms with E-state index in [1.165, 1.54) is 0 Å². The Morgan fingerprint density at radius 1 is 1.25 bits per heavy atom. The maximum Gasteiger partial charge on any atom is 0.335 e. The molecular formula is C15H16N2O3. The molecule has 0 amide bonds. The second-order valence-electron chi connectivity index (χ2n) is 4.28. The molecule has 2 N–H and O–H groups in total. The summed E-state index contributed by atoms with van der Waals surface area (Å²) < 4.78 is 5.17. The van der Waals surface area contributed by atoms with Crippen LogP contribution in [0.4, 0.5) is 0 Å². The van der Waals surface area contributed by atoms with Crippen molar-refractivity contribution in [1.82, 2.24) is 10.3 Å². The van der Waals surface area contributed by atoms with Crippen molar-refractivity contribution in [2.75, 3.05) is 7.11 Å². The minimum absolute atomic E-state index is 0.294. The summed E-state index contributed by atoms with van der Waals surface area (Å²) in [5.41, 5.74) is 2.30. The minimum Gasteiger partial charge on any atom is -0.481 e. The van der Waals surface area contributed by atoms with E-state index in [0.717, 1.165) is 11.1 Å². The zero-order valence-electron chi connectivity index (χ0n) is 11.2. The van der Waals surface area contributed by atoms with Crippen LogP contribution < -0.4 is 10.1 Å². The Balaban J connectivity index is 1.91. The second-order valence-corrected chi connectivity index (χ2v) is 4.28. The number of methoxy groups -OCH3 is 1. The van der Waals surface area contributed by atoms with Crippen molar-refractivity contribution in [3.05, 3.63) is 59.3 Å². The number of nitrogens with one attached hydrogen (secondary N) is 1. The summed E-state index contributed by atoms with van der Waals surface area (Å²) in [5.74, 6) is -0.300. The van der Waals surface area contributed by atoms with Crippen molar-refractivity contribution in [3.8, 4) is 5.88 Å². The van der Waals surface area contributed by atoms with Crippen molar-refractivity contribution >= 4 is 5.97 Å². The number of pyridine rings is 1. The molecule has 2 aromatic rings. The predicted octanol–water partition coefficient (Wildman–Crippen LogP) is 2.08.